The van der Waals surface area contributed by atoms with Gasteiger partial charge in [0, 0.05) is 6.54 Å². The Morgan fingerprint density at radius 2 is 1.62 bits per heavy atom. The molecular formula is C12H23N. The van der Waals surface area contributed by atoms with E-state index >= 15 is 0 Å². The van der Waals surface area contributed by atoms with Gasteiger partial charge in [0.25, 0.3) is 0 Å². The quantitative estimate of drug-likeness (QED) is 0.604. The van der Waals surface area contributed by atoms with E-state index in [0.717, 1.165) is 13.0 Å². The van der Waals surface area contributed by atoms with Crippen LogP contribution >= 0.6 is 0 Å². The fourth-order valence-corrected chi connectivity index (χ4v) is 1.90. The molecule has 13 heavy (non-hydrogen) atoms. The van der Waals surface area contributed by atoms with Gasteiger partial charge in [0.15, 0.2) is 0 Å². The molecule has 1 aliphatic heterocycles. The van der Waals surface area contributed by atoms with Crippen molar-refractivity contribution in [2.24, 2.45) is 0 Å². The molecule has 0 spiro atoms. The SMILES string of the molecule is C=C(CC)CN1CCCCCCC1. The Morgan fingerprint density at radius 3 is 2.15 bits per heavy atom. The van der Waals surface area contributed by atoms with Crippen LogP contribution < -0.4 is 0 Å². The maximum Gasteiger partial charge on any atom is 0.0190 e. The second-order valence-corrected chi connectivity index (χ2v) is 4.15. The van der Waals surface area contributed by atoms with Crippen LogP contribution in [0.25, 0.3) is 0 Å². The van der Waals surface area contributed by atoms with Crippen LogP contribution in [0.2, 0.25) is 0 Å². The lowest BCUT2D eigenvalue weighted by atomic mass is 10.1. The van der Waals surface area contributed by atoms with E-state index in [-0.39, 0.29) is 0 Å². The van der Waals surface area contributed by atoms with Gasteiger partial charge in [0.1, 0.15) is 0 Å². The third-order valence-electron chi connectivity index (χ3n) is 2.90. The van der Waals surface area contributed by atoms with Crippen molar-refractivity contribution in [2.45, 2.75) is 45.4 Å². The minimum Gasteiger partial charge on any atom is -0.299 e. The van der Waals surface area contributed by atoms with Gasteiger partial charge < -0.3 is 0 Å². The van der Waals surface area contributed by atoms with Crippen molar-refractivity contribution in [1.29, 1.82) is 0 Å². The second kappa shape index (κ2) is 6.20. The van der Waals surface area contributed by atoms with Crippen LogP contribution in [0.3, 0.4) is 0 Å². The molecule has 0 atom stereocenters. The Kier molecular flexibility index (Phi) is 5.14. The van der Waals surface area contributed by atoms with Gasteiger partial charge in [0.2, 0.25) is 0 Å². The minimum atomic E-state index is 1.14. The van der Waals surface area contributed by atoms with Crippen LogP contribution in [-0.4, -0.2) is 24.5 Å². The summed E-state index contributed by atoms with van der Waals surface area (Å²) in [5.41, 5.74) is 1.39. The highest BCUT2D eigenvalue weighted by atomic mass is 15.1. The van der Waals surface area contributed by atoms with Crippen molar-refractivity contribution >= 4 is 0 Å². The van der Waals surface area contributed by atoms with Gasteiger partial charge in [0.05, 0.1) is 0 Å². The molecule has 0 unspecified atom stereocenters. The Labute approximate surface area is 82.8 Å². The van der Waals surface area contributed by atoms with Crippen LogP contribution in [0, 0.1) is 0 Å². The van der Waals surface area contributed by atoms with Crippen LogP contribution in [-0.2, 0) is 0 Å². The van der Waals surface area contributed by atoms with Crippen LogP contribution in [0.1, 0.15) is 45.4 Å². The Balaban J connectivity index is 2.25. The minimum absolute atomic E-state index is 1.14. The van der Waals surface area contributed by atoms with Crippen molar-refractivity contribution < 1.29 is 0 Å². The second-order valence-electron chi connectivity index (χ2n) is 4.15. The van der Waals surface area contributed by atoms with E-state index in [4.69, 9.17) is 0 Å². The van der Waals surface area contributed by atoms with Gasteiger partial charge >= 0.3 is 0 Å². The van der Waals surface area contributed by atoms with Crippen molar-refractivity contribution in [2.75, 3.05) is 19.6 Å². The first-order valence-corrected chi connectivity index (χ1v) is 5.72. The zero-order valence-electron chi connectivity index (χ0n) is 9.02. The molecule has 1 saturated heterocycles. The number of hydrogen-bond donors (Lipinski definition) is 0. The lowest BCUT2D eigenvalue weighted by Crippen LogP contribution is -2.29. The van der Waals surface area contributed by atoms with Gasteiger partial charge in [-0.2, -0.15) is 0 Å². The van der Waals surface area contributed by atoms with E-state index in [1.807, 2.05) is 0 Å². The first-order valence-electron chi connectivity index (χ1n) is 5.72. The highest BCUT2D eigenvalue weighted by molar-refractivity contribution is 4.95. The molecule has 0 aromatic carbocycles. The van der Waals surface area contributed by atoms with Gasteiger partial charge in [-0.1, -0.05) is 38.3 Å². The van der Waals surface area contributed by atoms with E-state index in [1.165, 1.54) is 50.8 Å². The summed E-state index contributed by atoms with van der Waals surface area (Å²) in [4.78, 5) is 2.57. The van der Waals surface area contributed by atoms with Crippen molar-refractivity contribution in [3.63, 3.8) is 0 Å². The van der Waals surface area contributed by atoms with Gasteiger partial charge in [-0.05, 0) is 32.4 Å². The van der Waals surface area contributed by atoms with Gasteiger partial charge in [-0.25, -0.2) is 0 Å². The van der Waals surface area contributed by atoms with E-state index in [9.17, 15) is 0 Å². The number of hydrogen-bond acceptors (Lipinski definition) is 1. The van der Waals surface area contributed by atoms with Crippen LogP contribution in [0.5, 0.6) is 0 Å². The number of nitrogens with zero attached hydrogens (tertiary/aromatic N) is 1. The standard InChI is InChI=1S/C12H23N/c1-3-12(2)11-13-9-7-5-4-6-8-10-13/h2-11H2,1H3. The average molecular weight is 181 g/mol. The molecule has 0 aromatic rings. The maximum absolute atomic E-state index is 4.08. The Hall–Kier alpha value is -0.300. The topological polar surface area (TPSA) is 3.24 Å². The first-order chi connectivity index (χ1) is 6.33. The predicted octanol–water partition coefficient (Wildman–Crippen LogP) is 3.22. The van der Waals surface area contributed by atoms with Gasteiger partial charge in [-0.3, -0.25) is 4.90 Å². The van der Waals surface area contributed by atoms with Crippen LogP contribution in [0.15, 0.2) is 12.2 Å². The molecule has 76 valence electrons. The third-order valence-corrected chi connectivity index (χ3v) is 2.90. The van der Waals surface area contributed by atoms with Gasteiger partial charge in [-0.15, -0.1) is 0 Å². The maximum atomic E-state index is 4.08. The summed E-state index contributed by atoms with van der Waals surface area (Å²) in [6.07, 6.45) is 8.21. The van der Waals surface area contributed by atoms with Crippen LogP contribution in [0.4, 0.5) is 0 Å². The lowest BCUT2D eigenvalue weighted by Gasteiger charge is -2.24. The average Bonchev–Trinajstić information content (AvgIpc) is 2.09. The smallest absolute Gasteiger partial charge is 0.0190 e. The zero-order chi connectivity index (χ0) is 9.52. The summed E-state index contributed by atoms with van der Waals surface area (Å²) in [5.74, 6) is 0. The molecule has 0 bridgehead atoms. The zero-order valence-corrected chi connectivity index (χ0v) is 9.02. The predicted molar refractivity (Wildman–Crippen MR) is 59.0 cm³/mol. The summed E-state index contributed by atoms with van der Waals surface area (Å²) >= 11 is 0. The molecule has 1 heteroatoms. The third kappa shape index (κ3) is 4.47. The summed E-state index contributed by atoms with van der Waals surface area (Å²) in [5, 5.41) is 0. The molecule has 1 fully saturated rings. The number of likely N-dealkylation sites (tertiary alicyclic amines) is 1. The monoisotopic (exact) mass is 181 g/mol. The van der Waals surface area contributed by atoms with Crippen molar-refractivity contribution in [1.82, 2.24) is 4.90 Å². The largest absolute Gasteiger partial charge is 0.299 e. The molecule has 0 saturated carbocycles. The summed E-state index contributed by atoms with van der Waals surface area (Å²) in [6.45, 7) is 10.00. The number of rotatable bonds is 3. The molecule has 1 nitrogen and oxygen atoms in total. The van der Waals surface area contributed by atoms with E-state index in [0.29, 0.717) is 0 Å². The molecule has 0 aliphatic carbocycles. The molecule has 0 aromatic heterocycles. The molecule has 0 amide bonds. The summed E-state index contributed by atoms with van der Waals surface area (Å²) < 4.78 is 0. The fourth-order valence-electron chi connectivity index (χ4n) is 1.90. The van der Waals surface area contributed by atoms with E-state index in [1.54, 1.807) is 0 Å². The van der Waals surface area contributed by atoms with Crippen molar-refractivity contribution in [3.8, 4) is 0 Å². The summed E-state index contributed by atoms with van der Waals surface area (Å²) in [7, 11) is 0. The molecule has 0 N–H and O–H groups in total. The molecule has 1 rings (SSSR count). The lowest BCUT2D eigenvalue weighted by molar-refractivity contribution is 0.265. The molecule has 1 aliphatic rings. The molecule has 1 heterocycles. The highest BCUT2D eigenvalue weighted by Gasteiger charge is 2.07. The van der Waals surface area contributed by atoms with E-state index in [2.05, 4.69) is 18.4 Å². The highest BCUT2D eigenvalue weighted by Crippen LogP contribution is 2.12. The fraction of sp³-hybridized carbons (Fsp3) is 0.833. The van der Waals surface area contributed by atoms with E-state index < -0.39 is 0 Å². The van der Waals surface area contributed by atoms with Crippen molar-refractivity contribution in [3.05, 3.63) is 12.2 Å². The first kappa shape index (κ1) is 10.8. The Bertz CT molecular complexity index is 143. The normalized spacial score (nSPS) is 20.7. The summed E-state index contributed by atoms with van der Waals surface area (Å²) in [6, 6.07) is 0. The Morgan fingerprint density at radius 1 is 1.08 bits per heavy atom. The molecular weight excluding hydrogens is 158 g/mol. The molecule has 0 radical (unpaired) electrons.